The standard InChI is InChI=1S/C16H27N3O/c1-7-8-13(4)20-16-10-9-15(14(5)18-16)17-11-19(6)12(2)3/h9-13H,7-8H2,1-6H3/b17-11+. The van der Waals surface area contributed by atoms with Crippen LogP contribution < -0.4 is 4.74 Å². The van der Waals surface area contributed by atoms with E-state index in [0.29, 0.717) is 11.9 Å². The molecule has 0 saturated carbocycles. The Labute approximate surface area is 122 Å². The molecule has 1 aromatic rings. The van der Waals surface area contributed by atoms with Crippen LogP contribution in [0.2, 0.25) is 0 Å². The molecule has 112 valence electrons. The SMILES string of the molecule is CCCC(C)Oc1ccc(/N=C/N(C)C(C)C)c(C)n1. The summed E-state index contributed by atoms with van der Waals surface area (Å²) < 4.78 is 5.78. The normalized spacial score (nSPS) is 12.9. The molecule has 0 amide bonds. The van der Waals surface area contributed by atoms with Crippen molar-refractivity contribution in [1.82, 2.24) is 9.88 Å². The Kier molecular flexibility index (Phi) is 6.49. The zero-order valence-corrected chi connectivity index (χ0v) is 13.6. The van der Waals surface area contributed by atoms with Gasteiger partial charge in [0.1, 0.15) is 0 Å². The van der Waals surface area contributed by atoms with Gasteiger partial charge in [0.05, 0.1) is 23.8 Å². The summed E-state index contributed by atoms with van der Waals surface area (Å²) in [4.78, 5) is 11.0. The van der Waals surface area contributed by atoms with Crippen molar-refractivity contribution >= 4 is 12.0 Å². The Balaban J connectivity index is 2.73. The van der Waals surface area contributed by atoms with Gasteiger partial charge in [-0.15, -0.1) is 0 Å². The summed E-state index contributed by atoms with van der Waals surface area (Å²) in [5.41, 5.74) is 1.77. The number of nitrogens with zero attached hydrogens (tertiary/aromatic N) is 3. The van der Waals surface area contributed by atoms with E-state index in [9.17, 15) is 0 Å². The van der Waals surface area contributed by atoms with E-state index >= 15 is 0 Å². The summed E-state index contributed by atoms with van der Waals surface area (Å²) in [5, 5.41) is 0. The first-order valence-electron chi connectivity index (χ1n) is 7.34. The number of ether oxygens (including phenoxy) is 1. The number of aliphatic imine (C=N–C) groups is 1. The summed E-state index contributed by atoms with van der Waals surface area (Å²) in [6.07, 6.45) is 4.20. The average molecular weight is 277 g/mol. The van der Waals surface area contributed by atoms with E-state index in [1.807, 2.05) is 32.4 Å². The Morgan fingerprint density at radius 1 is 1.35 bits per heavy atom. The first-order chi connectivity index (χ1) is 9.43. The summed E-state index contributed by atoms with van der Waals surface area (Å²) in [6.45, 7) is 10.4. The van der Waals surface area contributed by atoms with Crippen LogP contribution in [0.4, 0.5) is 5.69 Å². The van der Waals surface area contributed by atoms with Gasteiger partial charge in [-0.1, -0.05) is 13.3 Å². The number of hydrogen-bond donors (Lipinski definition) is 0. The fourth-order valence-electron chi connectivity index (χ4n) is 1.69. The van der Waals surface area contributed by atoms with Crippen molar-refractivity contribution in [2.75, 3.05) is 7.05 Å². The van der Waals surface area contributed by atoms with E-state index in [4.69, 9.17) is 4.74 Å². The minimum atomic E-state index is 0.202. The molecule has 1 unspecified atom stereocenters. The number of aryl methyl sites for hydroxylation is 1. The molecular weight excluding hydrogens is 250 g/mol. The van der Waals surface area contributed by atoms with Crippen LogP contribution in [0.1, 0.15) is 46.2 Å². The summed E-state index contributed by atoms with van der Waals surface area (Å²) in [6, 6.07) is 4.28. The molecule has 0 spiro atoms. The van der Waals surface area contributed by atoms with Crippen molar-refractivity contribution in [2.24, 2.45) is 4.99 Å². The highest BCUT2D eigenvalue weighted by atomic mass is 16.5. The van der Waals surface area contributed by atoms with Crippen molar-refractivity contribution in [3.05, 3.63) is 17.8 Å². The predicted molar refractivity (Wildman–Crippen MR) is 85.0 cm³/mol. The second-order valence-corrected chi connectivity index (χ2v) is 5.47. The highest BCUT2D eigenvalue weighted by Crippen LogP contribution is 2.21. The number of pyridine rings is 1. The number of rotatable bonds is 7. The van der Waals surface area contributed by atoms with Crippen molar-refractivity contribution in [1.29, 1.82) is 0 Å². The van der Waals surface area contributed by atoms with E-state index in [1.54, 1.807) is 0 Å². The van der Waals surface area contributed by atoms with E-state index in [0.717, 1.165) is 24.2 Å². The second kappa shape index (κ2) is 7.88. The monoisotopic (exact) mass is 277 g/mol. The van der Waals surface area contributed by atoms with Crippen molar-refractivity contribution < 1.29 is 4.74 Å². The predicted octanol–water partition coefficient (Wildman–Crippen LogP) is 3.96. The maximum Gasteiger partial charge on any atom is 0.213 e. The molecule has 0 aromatic carbocycles. The smallest absolute Gasteiger partial charge is 0.213 e. The molecule has 20 heavy (non-hydrogen) atoms. The molecule has 4 heteroatoms. The molecule has 0 radical (unpaired) electrons. The van der Waals surface area contributed by atoms with Gasteiger partial charge in [0.2, 0.25) is 5.88 Å². The fourth-order valence-corrected chi connectivity index (χ4v) is 1.69. The largest absolute Gasteiger partial charge is 0.475 e. The zero-order chi connectivity index (χ0) is 15.1. The lowest BCUT2D eigenvalue weighted by atomic mass is 10.2. The van der Waals surface area contributed by atoms with Gasteiger partial charge >= 0.3 is 0 Å². The lowest BCUT2D eigenvalue weighted by molar-refractivity contribution is 0.201. The molecular formula is C16H27N3O. The van der Waals surface area contributed by atoms with Crippen LogP contribution in [0.5, 0.6) is 5.88 Å². The molecule has 0 aliphatic carbocycles. The third-order valence-corrected chi connectivity index (χ3v) is 3.24. The number of aromatic nitrogens is 1. The van der Waals surface area contributed by atoms with E-state index in [1.165, 1.54) is 0 Å². The Morgan fingerprint density at radius 3 is 2.60 bits per heavy atom. The highest BCUT2D eigenvalue weighted by Gasteiger charge is 2.06. The molecule has 0 N–H and O–H groups in total. The van der Waals surface area contributed by atoms with Crippen molar-refractivity contribution in [3.63, 3.8) is 0 Å². The minimum Gasteiger partial charge on any atom is -0.475 e. The lowest BCUT2D eigenvalue weighted by Gasteiger charge is -2.17. The van der Waals surface area contributed by atoms with Gasteiger partial charge in [-0.3, -0.25) is 0 Å². The zero-order valence-electron chi connectivity index (χ0n) is 13.6. The van der Waals surface area contributed by atoms with E-state index in [-0.39, 0.29) is 6.10 Å². The van der Waals surface area contributed by atoms with Crippen LogP contribution in [0, 0.1) is 6.92 Å². The second-order valence-electron chi connectivity index (χ2n) is 5.47. The molecule has 4 nitrogen and oxygen atoms in total. The van der Waals surface area contributed by atoms with Crippen molar-refractivity contribution in [3.8, 4) is 5.88 Å². The quantitative estimate of drug-likeness (QED) is 0.559. The summed E-state index contributed by atoms with van der Waals surface area (Å²) in [7, 11) is 2.01. The molecule has 1 rings (SSSR count). The third-order valence-electron chi connectivity index (χ3n) is 3.24. The maximum atomic E-state index is 5.78. The average Bonchev–Trinajstić information content (AvgIpc) is 2.37. The van der Waals surface area contributed by atoms with Gasteiger partial charge < -0.3 is 9.64 Å². The van der Waals surface area contributed by atoms with Gasteiger partial charge in [-0.2, -0.15) is 0 Å². The fraction of sp³-hybridized carbons (Fsp3) is 0.625. The molecule has 0 fully saturated rings. The van der Waals surface area contributed by atoms with Gasteiger partial charge in [0, 0.05) is 19.2 Å². The van der Waals surface area contributed by atoms with Crippen molar-refractivity contribution in [2.45, 2.75) is 59.6 Å². The lowest BCUT2D eigenvalue weighted by Crippen LogP contribution is -2.24. The topological polar surface area (TPSA) is 37.7 Å². The van der Waals surface area contributed by atoms with Gasteiger partial charge in [0.25, 0.3) is 0 Å². The molecule has 0 aliphatic heterocycles. The molecule has 0 saturated heterocycles. The third kappa shape index (κ3) is 5.19. The van der Waals surface area contributed by atoms with Crippen LogP contribution in [-0.4, -0.2) is 35.4 Å². The van der Waals surface area contributed by atoms with Gasteiger partial charge in [-0.25, -0.2) is 9.98 Å². The Hall–Kier alpha value is -1.58. The van der Waals surface area contributed by atoms with Crippen LogP contribution in [0.25, 0.3) is 0 Å². The van der Waals surface area contributed by atoms with E-state index in [2.05, 4.69) is 42.6 Å². The van der Waals surface area contributed by atoms with Crippen LogP contribution >= 0.6 is 0 Å². The first-order valence-corrected chi connectivity index (χ1v) is 7.34. The number of hydrogen-bond acceptors (Lipinski definition) is 3. The van der Waals surface area contributed by atoms with Gasteiger partial charge in [0.15, 0.2) is 0 Å². The molecule has 1 aromatic heterocycles. The maximum absolute atomic E-state index is 5.78. The minimum absolute atomic E-state index is 0.202. The first kappa shape index (κ1) is 16.5. The highest BCUT2D eigenvalue weighted by molar-refractivity contribution is 5.62. The van der Waals surface area contributed by atoms with Crippen LogP contribution in [0.15, 0.2) is 17.1 Å². The summed E-state index contributed by atoms with van der Waals surface area (Å²) in [5.74, 6) is 0.680. The Bertz CT molecular complexity index is 443. The molecule has 1 atom stereocenters. The molecule has 1 heterocycles. The summed E-state index contributed by atoms with van der Waals surface area (Å²) >= 11 is 0. The van der Waals surface area contributed by atoms with Gasteiger partial charge in [-0.05, 0) is 40.2 Å². The van der Waals surface area contributed by atoms with Crippen LogP contribution in [0.3, 0.4) is 0 Å². The van der Waals surface area contributed by atoms with E-state index < -0.39 is 0 Å². The molecule has 0 aliphatic rings. The molecule has 0 bridgehead atoms. The van der Waals surface area contributed by atoms with Crippen LogP contribution in [-0.2, 0) is 0 Å². The Morgan fingerprint density at radius 2 is 2.05 bits per heavy atom.